The molecule has 152 valence electrons. The normalized spacial score (nSPS) is 11.3. The fourth-order valence-electron chi connectivity index (χ4n) is 2.57. The van der Waals surface area contributed by atoms with E-state index in [0.717, 1.165) is 15.8 Å². The highest BCUT2D eigenvalue weighted by Gasteiger charge is 2.07. The Bertz CT molecular complexity index is 1060. The first-order chi connectivity index (χ1) is 14.5. The fraction of sp³-hybridized carbons (Fsp3) is 0.0435. The van der Waals surface area contributed by atoms with Crippen LogP contribution in [-0.2, 0) is 0 Å². The molecule has 0 aliphatic rings. The average Bonchev–Trinajstić information content (AvgIpc) is 2.76. The molecule has 3 N–H and O–H groups in total. The van der Waals surface area contributed by atoms with Crippen LogP contribution in [0.2, 0.25) is 0 Å². The largest absolute Gasteiger partial charge is 0.507 e. The molecule has 0 saturated carbocycles. The first-order valence-electron chi connectivity index (χ1n) is 9.06. The number of hydrogen-bond donors (Lipinski definition) is 3. The number of nitrogens with zero attached hydrogens (tertiary/aromatic N) is 1. The topological polar surface area (TPSA) is 83.0 Å². The molecule has 0 aliphatic heterocycles. The number of anilines is 1. The molecule has 0 aliphatic carbocycles. The highest BCUT2D eigenvalue weighted by molar-refractivity contribution is 9.10. The van der Waals surface area contributed by atoms with Gasteiger partial charge in [-0.1, -0.05) is 46.3 Å². The van der Waals surface area contributed by atoms with E-state index in [9.17, 15) is 9.90 Å². The number of hydrazone groups is 1. The summed E-state index contributed by atoms with van der Waals surface area (Å²) in [6.45, 7) is 0. The van der Waals surface area contributed by atoms with E-state index in [1.165, 1.54) is 0 Å². The van der Waals surface area contributed by atoms with Gasteiger partial charge in [-0.25, -0.2) is 10.2 Å². The molecule has 0 fully saturated rings. The van der Waals surface area contributed by atoms with Gasteiger partial charge in [-0.05, 0) is 60.2 Å². The summed E-state index contributed by atoms with van der Waals surface area (Å²) >= 11 is 3.35. The molecule has 6 nitrogen and oxygen atoms in total. The molecule has 30 heavy (non-hydrogen) atoms. The summed E-state index contributed by atoms with van der Waals surface area (Å²) in [5, 5.41) is 17.1. The number of carbonyl (C=O) groups is 1. The Hall–Kier alpha value is -3.58. The summed E-state index contributed by atoms with van der Waals surface area (Å²) < 4.78 is 6.08. The number of methoxy groups -OCH3 is 1. The Morgan fingerprint density at radius 1 is 1.03 bits per heavy atom. The quantitative estimate of drug-likeness (QED) is 0.336. The zero-order chi connectivity index (χ0) is 21.3. The van der Waals surface area contributed by atoms with Gasteiger partial charge in [0.1, 0.15) is 11.5 Å². The number of amides is 2. The van der Waals surface area contributed by atoms with Gasteiger partial charge in [0.25, 0.3) is 0 Å². The van der Waals surface area contributed by atoms with E-state index in [-0.39, 0.29) is 5.75 Å². The molecule has 2 amide bonds. The van der Waals surface area contributed by atoms with Crippen LogP contribution < -0.4 is 15.5 Å². The van der Waals surface area contributed by atoms with Crippen molar-refractivity contribution < 1.29 is 14.6 Å². The van der Waals surface area contributed by atoms with Crippen molar-refractivity contribution in [1.82, 2.24) is 5.43 Å². The third-order valence-corrected chi connectivity index (χ3v) is 4.64. The number of allylic oxidation sites excluding steroid dienone is 1. The van der Waals surface area contributed by atoms with Crippen LogP contribution in [0.3, 0.4) is 0 Å². The summed E-state index contributed by atoms with van der Waals surface area (Å²) in [7, 11) is 1.61. The number of urea groups is 1. The van der Waals surface area contributed by atoms with Crippen molar-refractivity contribution in [2.24, 2.45) is 5.10 Å². The summed E-state index contributed by atoms with van der Waals surface area (Å²) in [6.07, 6.45) is 3.55. The highest BCUT2D eigenvalue weighted by Crippen LogP contribution is 2.19. The van der Waals surface area contributed by atoms with Crippen molar-refractivity contribution in [3.8, 4) is 11.5 Å². The van der Waals surface area contributed by atoms with Crippen molar-refractivity contribution in [3.05, 3.63) is 94.5 Å². The van der Waals surface area contributed by atoms with E-state index in [1.807, 2.05) is 42.5 Å². The van der Waals surface area contributed by atoms with Crippen LogP contribution in [0.25, 0.3) is 6.08 Å². The SMILES string of the molecule is COc1ccc(/C=C/C(=N\NC(=O)Nc2ccc(Br)cc2)c2ccccc2O)cc1. The molecule has 0 heterocycles. The van der Waals surface area contributed by atoms with E-state index < -0.39 is 6.03 Å². The van der Waals surface area contributed by atoms with Gasteiger partial charge in [0.05, 0.1) is 12.8 Å². The molecule has 0 radical (unpaired) electrons. The van der Waals surface area contributed by atoms with Crippen LogP contribution in [0.4, 0.5) is 10.5 Å². The van der Waals surface area contributed by atoms with Gasteiger partial charge in [0.15, 0.2) is 0 Å². The zero-order valence-corrected chi connectivity index (χ0v) is 17.8. The Morgan fingerprint density at radius 3 is 2.40 bits per heavy atom. The van der Waals surface area contributed by atoms with Crippen LogP contribution in [-0.4, -0.2) is 24.0 Å². The summed E-state index contributed by atoms with van der Waals surface area (Å²) in [5.41, 5.74) is 4.90. The lowest BCUT2D eigenvalue weighted by Crippen LogP contribution is -2.25. The van der Waals surface area contributed by atoms with Crippen molar-refractivity contribution >= 4 is 39.4 Å². The van der Waals surface area contributed by atoms with Crippen LogP contribution in [0.15, 0.2) is 88.4 Å². The summed E-state index contributed by atoms with van der Waals surface area (Å²) in [5.74, 6) is 0.818. The van der Waals surface area contributed by atoms with Crippen LogP contribution in [0, 0.1) is 0 Å². The molecule has 0 aromatic heterocycles. The second-order valence-electron chi connectivity index (χ2n) is 6.19. The zero-order valence-electron chi connectivity index (χ0n) is 16.2. The Morgan fingerprint density at radius 2 is 1.73 bits per heavy atom. The number of halogens is 1. The van der Waals surface area contributed by atoms with Gasteiger partial charge in [0, 0.05) is 15.7 Å². The number of carbonyl (C=O) groups excluding carboxylic acids is 1. The van der Waals surface area contributed by atoms with E-state index in [4.69, 9.17) is 4.74 Å². The standard InChI is InChI=1S/C23H20BrN3O3/c1-30-19-13-6-16(7-14-19)8-15-21(20-4-2-3-5-22(20)28)26-27-23(29)25-18-11-9-17(24)10-12-18/h2-15,28H,1H3,(H2,25,27,29)/b15-8+,26-21+. The van der Waals surface area contributed by atoms with E-state index in [1.54, 1.807) is 49.6 Å². The molecule has 3 aromatic rings. The number of rotatable bonds is 6. The molecule has 7 heteroatoms. The minimum absolute atomic E-state index is 0.0609. The lowest BCUT2D eigenvalue weighted by Gasteiger charge is -2.07. The molecule has 0 unspecified atom stereocenters. The number of phenols is 1. The van der Waals surface area contributed by atoms with Gasteiger partial charge < -0.3 is 15.2 Å². The first kappa shape index (κ1) is 21.1. The van der Waals surface area contributed by atoms with Crippen LogP contribution in [0.5, 0.6) is 11.5 Å². The Labute approximate surface area is 183 Å². The Kier molecular flexibility index (Phi) is 7.24. The number of ether oxygens (including phenoxy) is 1. The van der Waals surface area contributed by atoms with Gasteiger partial charge in [-0.3, -0.25) is 0 Å². The molecular formula is C23H20BrN3O3. The van der Waals surface area contributed by atoms with Gasteiger partial charge >= 0.3 is 6.03 Å². The number of para-hydroxylation sites is 1. The lowest BCUT2D eigenvalue weighted by atomic mass is 10.1. The van der Waals surface area contributed by atoms with Gasteiger partial charge in [-0.2, -0.15) is 5.10 Å². The van der Waals surface area contributed by atoms with Crippen molar-refractivity contribution in [2.45, 2.75) is 0 Å². The Balaban J connectivity index is 1.79. The molecular weight excluding hydrogens is 446 g/mol. The predicted octanol–water partition coefficient (Wildman–Crippen LogP) is 5.40. The lowest BCUT2D eigenvalue weighted by molar-refractivity contribution is 0.252. The monoisotopic (exact) mass is 465 g/mol. The minimum Gasteiger partial charge on any atom is -0.507 e. The highest BCUT2D eigenvalue weighted by atomic mass is 79.9. The van der Waals surface area contributed by atoms with Gasteiger partial charge in [0.2, 0.25) is 0 Å². The molecule has 0 bridgehead atoms. The van der Waals surface area contributed by atoms with Crippen LogP contribution >= 0.6 is 15.9 Å². The summed E-state index contributed by atoms with van der Waals surface area (Å²) in [4.78, 5) is 12.2. The number of nitrogens with one attached hydrogen (secondary N) is 2. The predicted molar refractivity (Wildman–Crippen MR) is 123 cm³/mol. The number of phenolic OH excluding ortho intramolecular Hbond substituents is 1. The fourth-order valence-corrected chi connectivity index (χ4v) is 2.84. The second-order valence-corrected chi connectivity index (χ2v) is 7.11. The molecule has 0 spiro atoms. The number of aromatic hydroxyl groups is 1. The molecule has 0 atom stereocenters. The van der Waals surface area contributed by atoms with Crippen molar-refractivity contribution in [2.75, 3.05) is 12.4 Å². The average molecular weight is 466 g/mol. The third kappa shape index (κ3) is 5.96. The number of hydrogen-bond acceptors (Lipinski definition) is 4. The van der Waals surface area contributed by atoms with Crippen molar-refractivity contribution in [3.63, 3.8) is 0 Å². The smallest absolute Gasteiger partial charge is 0.339 e. The summed E-state index contributed by atoms with van der Waals surface area (Å²) in [6, 6.07) is 21.0. The van der Waals surface area contributed by atoms with E-state index in [2.05, 4.69) is 31.8 Å². The third-order valence-electron chi connectivity index (χ3n) is 4.11. The van der Waals surface area contributed by atoms with Gasteiger partial charge in [-0.15, -0.1) is 0 Å². The second kappa shape index (κ2) is 10.3. The minimum atomic E-state index is -0.497. The molecule has 3 rings (SSSR count). The maximum absolute atomic E-state index is 12.2. The maximum atomic E-state index is 12.2. The maximum Gasteiger partial charge on any atom is 0.339 e. The first-order valence-corrected chi connectivity index (χ1v) is 9.85. The molecule has 3 aromatic carbocycles. The van der Waals surface area contributed by atoms with Crippen LogP contribution in [0.1, 0.15) is 11.1 Å². The number of benzene rings is 3. The molecule has 0 saturated heterocycles. The van der Waals surface area contributed by atoms with E-state index in [0.29, 0.717) is 17.0 Å². The van der Waals surface area contributed by atoms with E-state index >= 15 is 0 Å². The van der Waals surface area contributed by atoms with Crippen molar-refractivity contribution in [1.29, 1.82) is 0 Å².